The molecule has 3 heterocycles. The number of hydrogen-bond donors (Lipinski definition) is 1. The Morgan fingerprint density at radius 1 is 1.29 bits per heavy atom. The fraction of sp³-hybridized carbons (Fsp3) is 0.353. The first-order valence-corrected chi connectivity index (χ1v) is 8.86. The minimum atomic E-state index is -0.0858. The molecule has 1 aliphatic rings. The van der Waals surface area contributed by atoms with Crippen molar-refractivity contribution in [1.82, 2.24) is 19.2 Å². The van der Waals surface area contributed by atoms with Crippen LogP contribution < -0.4 is 10.2 Å². The van der Waals surface area contributed by atoms with Crippen LogP contribution in [0.25, 0.3) is 10.9 Å². The number of piperidine rings is 1. The molecule has 1 fully saturated rings. The van der Waals surface area contributed by atoms with E-state index in [9.17, 15) is 4.79 Å². The molecule has 0 unspecified atom stereocenters. The van der Waals surface area contributed by atoms with E-state index in [0.29, 0.717) is 5.69 Å². The van der Waals surface area contributed by atoms with Crippen LogP contribution in [0.3, 0.4) is 0 Å². The topological polar surface area (TPSA) is 63.1 Å². The van der Waals surface area contributed by atoms with Crippen molar-refractivity contribution in [3.8, 4) is 0 Å². The number of benzene rings is 1. The molecule has 6 nitrogen and oxygen atoms in total. The van der Waals surface area contributed by atoms with Gasteiger partial charge in [0.1, 0.15) is 10.7 Å². The second kappa shape index (κ2) is 6.24. The summed E-state index contributed by atoms with van der Waals surface area (Å²) in [5.74, 6) is -0.0858. The summed E-state index contributed by atoms with van der Waals surface area (Å²) in [6.07, 6.45) is 5.26. The van der Waals surface area contributed by atoms with E-state index in [4.69, 9.17) is 0 Å². The lowest BCUT2D eigenvalue weighted by Gasteiger charge is -2.32. The van der Waals surface area contributed by atoms with E-state index in [1.807, 2.05) is 13.1 Å². The fourth-order valence-electron chi connectivity index (χ4n) is 3.12. The van der Waals surface area contributed by atoms with Crippen molar-refractivity contribution >= 4 is 33.3 Å². The van der Waals surface area contributed by atoms with Gasteiger partial charge in [0.15, 0.2) is 0 Å². The molecule has 24 heavy (non-hydrogen) atoms. The lowest BCUT2D eigenvalue weighted by Crippen LogP contribution is -2.44. The summed E-state index contributed by atoms with van der Waals surface area (Å²) in [6.45, 7) is 1.86. The molecule has 0 atom stereocenters. The molecule has 3 aromatic rings. The van der Waals surface area contributed by atoms with Crippen molar-refractivity contribution in [2.75, 3.05) is 18.0 Å². The number of aromatic nitrogens is 3. The lowest BCUT2D eigenvalue weighted by atomic mass is 10.0. The van der Waals surface area contributed by atoms with Crippen LogP contribution in [0.1, 0.15) is 23.3 Å². The Balaban J connectivity index is 1.39. The minimum Gasteiger partial charge on any atom is -0.362 e. The average Bonchev–Trinajstić information content (AvgIpc) is 3.22. The minimum absolute atomic E-state index is 0.0858. The maximum atomic E-state index is 12.2. The van der Waals surface area contributed by atoms with Crippen LogP contribution in [0.2, 0.25) is 0 Å². The number of amides is 1. The molecular weight excluding hydrogens is 322 g/mol. The molecule has 0 radical (unpaired) electrons. The molecule has 7 heteroatoms. The summed E-state index contributed by atoms with van der Waals surface area (Å²) in [6, 6.07) is 8.46. The number of nitrogens with zero attached hydrogens (tertiary/aromatic N) is 4. The van der Waals surface area contributed by atoms with E-state index < -0.39 is 0 Å². The van der Waals surface area contributed by atoms with Gasteiger partial charge in [-0.25, -0.2) is 4.98 Å². The first-order valence-electron chi connectivity index (χ1n) is 8.09. The molecule has 0 saturated carbocycles. The second-order valence-electron chi connectivity index (χ2n) is 6.16. The number of carbonyl (C=O) groups is 1. The number of nitrogens with one attached hydrogen (secondary N) is 1. The number of imidazole rings is 1. The largest absolute Gasteiger partial charge is 0.362 e. The molecule has 1 saturated heterocycles. The van der Waals surface area contributed by atoms with Gasteiger partial charge in [-0.1, -0.05) is 12.1 Å². The van der Waals surface area contributed by atoms with Gasteiger partial charge >= 0.3 is 0 Å². The third-order valence-corrected chi connectivity index (χ3v) is 5.36. The van der Waals surface area contributed by atoms with Crippen molar-refractivity contribution < 1.29 is 4.79 Å². The highest BCUT2D eigenvalue weighted by molar-refractivity contribution is 7.11. The van der Waals surface area contributed by atoms with Gasteiger partial charge in [0.2, 0.25) is 0 Å². The average molecular weight is 341 g/mol. The standard InChI is InChI=1S/C17H19N5OS/c1-21-10-15(18-11-21)16(23)19-12-6-8-22(9-7-12)17-13-4-2-3-5-14(13)20-24-17/h2-5,10-12H,6-9H2,1H3,(H,19,23). The summed E-state index contributed by atoms with van der Waals surface area (Å²) in [5.41, 5.74) is 1.54. The van der Waals surface area contributed by atoms with Gasteiger partial charge < -0.3 is 14.8 Å². The molecule has 0 aliphatic carbocycles. The Hall–Kier alpha value is -2.41. The maximum Gasteiger partial charge on any atom is 0.271 e. The van der Waals surface area contributed by atoms with Crippen LogP contribution in [0, 0.1) is 0 Å². The molecule has 0 spiro atoms. The van der Waals surface area contributed by atoms with Crippen LogP contribution >= 0.6 is 11.5 Å². The van der Waals surface area contributed by atoms with Crippen LogP contribution in [0.4, 0.5) is 5.00 Å². The molecule has 1 N–H and O–H groups in total. The van der Waals surface area contributed by atoms with Crippen LogP contribution in [-0.2, 0) is 7.05 Å². The van der Waals surface area contributed by atoms with Crippen molar-refractivity contribution in [3.05, 3.63) is 42.5 Å². The number of hydrogen-bond acceptors (Lipinski definition) is 5. The SMILES string of the molecule is Cn1cnc(C(=O)NC2CCN(c3snc4ccccc34)CC2)c1. The Kier molecular flexibility index (Phi) is 3.93. The zero-order chi connectivity index (χ0) is 16.5. The predicted molar refractivity (Wildman–Crippen MR) is 95.5 cm³/mol. The summed E-state index contributed by atoms with van der Waals surface area (Å²) in [4.78, 5) is 18.7. The molecule has 1 amide bonds. The number of fused-ring (bicyclic) bond motifs is 1. The van der Waals surface area contributed by atoms with E-state index in [1.54, 1.807) is 28.6 Å². The molecule has 1 aromatic carbocycles. The van der Waals surface area contributed by atoms with E-state index in [0.717, 1.165) is 31.4 Å². The monoisotopic (exact) mass is 341 g/mol. The van der Waals surface area contributed by atoms with E-state index >= 15 is 0 Å². The molecule has 2 aromatic heterocycles. The lowest BCUT2D eigenvalue weighted by molar-refractivity contribution is 0.0926. The van der Waals surface area contributed by atoms with E-state index in [1.165, 1.54) is 10.4 Å². The predicted octanol–water partition coefficient (Wildman–Crippen LogP) is 2.43. The summed E-state index contributed by atoms with van der Waals surface area (Å²) in [7, 11) is 1.86. The van der Waals surface area contributed by atoms with E-state index in [-0.39, 0.29) is 11.9 Å². The molecular formula is C17H19N5OS. The highest BCUT2D eigenvalue weighted by atomic mass is 32.1. The van der Waals surface area contributed by atoms with E-state index in [2.05, 4.69) is 37.8 Å². The Morgan fingerprint density at radius 3 is 2.83 bits per heavy atom. The van der Waals surface area contributed by atoms with Gasteiger partial charge in [-0.3, -0.25) is 4.79 Å². The summed E-state index contributed by atoms with van der Waals surface area (Å²) >= 11 is 1.56. The Morgan fingerprint density at radius 2 is 2.08 bits per heavy atom. The second-order valence-corrected chi connectivity index (χ2v) is 6.92. The third-order valence-electron chi connectivity index (χ3n) is 4.42. The van der Waals surface area contributed by atoms with Crippen LogP contribution in [-0.4, -0.2) is 39.0 Å². The zero-order valence-corrected chi connectivity index (χ0v) is 14.3. The first-order chi connectivity index (χ1) is 11.7. The van der Waals surface area contributed by atoms with Gasteiger partial charge in [0.05, 0.1) is 11.8 Å². The van der Waals surface area contributed by atoms with Crippen LogP contribution in [0.5, 0.6) is 0 Å². The van der Waals surface area contributed by atoms with Gasteiger partial charge in [-0.05, 0) is 36.5 Å². The van der Waals surface area contributed by atoms with Gasteiger partial charge in [0.25, 0.3) is 5.91 Å². The van der Waals surface area contributed by atoms with Crippen molar-refractivity contribution in [3.63, 3.8) is 0 Å². The smallest absolute Gasteiger partial charge is 0.271 e. The molecule has 0 bridgehead atoms. The fourth-order valence-corrected chi connectivity index (χ4v) is 4.03. The Labute approximate surface area is 144 Å². The molecule has 4 rings (SSSR count). The number of aryl methyl sites for hydroxylation is 1. The third kappa shape index (κ3) is 2.87. The number of carbonyl (C=O) groups excluding carboxylic acids is 1. The highest BCUT2D eigenvalue weighted by Gasteiger charge is 2.24. The normalized spacial score (nSPS) is 15.8. The molecule has 1 aliphatic heterocycles. The van der Waals surface area contributed by atoms with Gasteiger partial charge in [-0.2, -0.15) is 4.37 Å². The van der Waals surface area contributed by atoms with Crippen molar-refractivity contribution in [1.29, 1.82) is 0 Å². The van der Waals surface area contributed by atoms with Gasteiger partial charge in [-0.15, -0.1) is 0 Å². The molecule has 124 valence electrons. The van der Waals surface area contributed by atoms with Crippen molar-refractivity contribution in [2.24, 2.45) is 7.05 Å². The summed E-state index contributed by atoms with van der Waals surface area (Å²) < 4.78 is 6.31. The maximum absolute atomic E-state index is 12.2. The van der Waals surface area contributed by atoms with Crippen molar-refractivity contribution in [2.45, 2.75) is 18.9 Å². The first kappa shape index (κ1) is 15.1. The Bertz CT molecular complexity index is 863. The quantitative estimate of drug-likeness (QED) is 0.795. The van der Waals surface area contributed by atoms with Crippen LogP contribution in [0.15, 0.2) is 36.8 Å². The number of rotatable bonds is 3. The highest BCUT2D eigenvalue weighted by Crippen LogP contribution is 2.32. The van der Waals surface area contributed by atoms with Gasteiger partial charge in [0, 0.05) is 37.8 Å². The zero-order valence-electron chi connectivity index (χ0n) is 13.5. The summed E-state index contributed by atoms with van der Waals surface area (Å²) in [5, 5.41) is 5.55. The number of anilines is 1.